The summed E-state index contributed by atoms with van der Waals surface area (Å²) >= 11 is 0. The highest BCUT2D eigenvalue weighted by Crippen LogP contribution is 2.42. The van der Waals surface area contributed by atoms with Crippen LogP contribution in [-0.2, 0) is 25.5 Å². The molecule has 2 N–H and O–H groups in total. The molecule has 0 aliphatic carbocycles. The SMILES string of the molecule is CC1CCCN(CC2CC3(CCN(C(=O)CCc4cccnc4)CC3)CO2)C1.O=C(O)C(F)(F)F.O=C(O)C(F)(F)F. The third-order valence-electron chi connectivity index (χ3n) is 7.50. The number of nitrogens with zero attached hydrogens (tertiary/aromatic N) is 3. The molecule has 42 heavy (non-hydrogen) atoms. The zero-order valence-electron chi connectivity index (χ0n) is 23.3. The number of aromatic nitrogens is 1. The maximum atomic E-state index is 12.6. The van der Waals surface area contributed by atoms with Crippen LogP contribution < -0.4 is 0 Å². The minimum absolute atomic E-state index is 0.288. The number of carboxylic acids is 2. The second-order valence-corrected chi connectivity index (χ2v) is 11.0. The van der Waals surface area contributed by atoms with Crippen LogP contribution in [0.3, 0.4) is 0 Å². The predicted molar refractivity (Wildman–Crippen MR) is 137 cm³/mol. The number of hydrogen-bond donors (Lipinski definition) is 2. The van der Waals surface area contributed by atoms with Crippen molar-refractivity contribution < 1.29 is 55.7 Å². The fourth-order valence-corrected chi connectivity index (χ4v) is 5.29. The Bertz CT molecular complexity index is 992. The average Bonchev–Trinajstić information content (AvgIpc) is 3.29. The molecule has 15 heteroatoms. The standard InChI is InChI=1S/C23H35N3O2.2C2HF3O2/c1-19-4-3-11-25(16-19)17-21-14-23(18-28-21)8-12-26(13-9-23)22(27)7-6-20-5-2-10-24-15-20;2*3-2(4,5)1(6)7/h2,5,10,15,19,21H,3-4,6-9,11-14,16-18H2,1H3;2*(H,6,7). The van der Waals surface area contributed by atoms with Crippen molar-refractivity contribution in [3.05, 3.63) is 30.1 Å². The van der Waals surface area contributed by atoms with Gasteiger partial charge in [0.2, 0.25) is 5.91 Å². The third-order valence-corrected chi connectivity index (χ3v) is 7.50. The fraction of sp³-hybridized carbons (Fsp3) is 0.704. The van der Waals surface area contributed by atoms with Crippen LogP contribution in [0.25, 0.3) is 0 Å². The van der Waals surface area contributed by atoms with Crippen LogP contribution in [0.15, 0.2) is 24.5 Å². The van der Waals surface area contributed by atoms with Crippen molar-refractivity contribution in [3.8, 4) is 0 Å². The summed E-state index contributed by atoms with van der Waals surface area (Å²) in [6.07, 6.45) is 1.30. The summed E-state index contributed by atoms with van der Waals surface area (Å²) in [6, 6.07) is 3.98. The molecule has 3 aliphatic rings. The molecule has 1 aromatic rings. The Morgan fingerprint density at radius 2 is 1.64 bits per heavy atom. The zero-order chi connectivity index (χ0) is 31.6. The number of likely N-dealkylation sites (tertiary alicyclic amines) is 2. The summed E-state index contributed by atoms with van der Waals surface area (Å²) in [6.45, 7) is 8.59. The van der Waals surface area contributed by atoms with Crippen LogP contribution in [0.1, 0.15) is 51.0 Å². The Morgan fingerprint density at radius 3 is 2.14 bits per heavy atom. The topological polar surface area (TPSA) is 120 Å². The van der Waals surface area contributed by atoms with E-state index in [2.05, 4.69) is 21.7 Å². The number of pyridine rings is 1. The van der Waals surface area contributed by atoms with E-state index in [0.29, 0.717) is 17.9 Å². The molecule has 238 valence electrons. The maximum absolute atomic E-state index is 12.6. The Morgan fingerprint density at radius 1 is 1.05 bits per heavy atom. The van der Waals surface area contributed by atoms with Crippen LogP contribution in [0, 0.1) is 11.3 Å². The first-order valence-electron chi connectivity index (χ1n) is 13.6. The molecule has 1 aromatic heterocycles. The van der Waals surface area contributed by atoms with E-state index in [0.717, 1.165) is 57.0 Å². The summed E-state index contributed by atoms with van der Waals surface area (Å²) in [7, 11) is 0. The fourth-order valence-electron chi connectivity index (χ4n) is 5.29. The summed E-state index contributed by atoms with van der Waals surface area (Å²) in [5.41, 5.74) is 1.45. The maximum Gasteiger partial charge on any atom is 0.490 e. The first-order chi connectivity index (χ1) is 19.5. The average molecular weight is 614 g/mol. The van der Waals surface area contributed by atoms with E-state index < -0.39 is 24.3 Å². The van der Waals surface area contributed by atoms with Gasteiger partial charge in [0, 0.05) is 45.0 Å². The molecule has 3 saturated heterocycles. The van der Waals surface area contributed by atoms with E-state index in [1.54, 1.807) is 6.20 Å². The second kappa shape index (κ2) is 15.5. The zero-order valence-corrected chi connectivity index (χ0v) is 23.3. The number of ether oxygens (including phenoxy) is 1. The van der Waals surface area contributed by atoms with Gasteiger partial charge < -0.3 is 24.7 Å². The quantitative estimate of drug-likeness (QED) is 0.469. The molecular formula is C27H37F6N3O6. The number of alkyl halides is 6. The molecule has 0 saturated carbocycles. The van der Waals surface area contributed by atoms with E-state index in [1.807, 2.05) is 18.3 Å². The van der Waals surface area contributed by atoms with Gasteiger partial charge in [-0.15, -0.1) is 0 Å². The molecule has 0 aromatic carbocycles. The lowest BCUT2D eigenvalue weighted by molar-refractivity contribution is -0.193. The van der Waals surface area contributed by atoms with Crippen molar-refractivity contribution in [2.24, 2.45) is 11.3 Å². The summed E-state index contributed by atoms with van der Waals surface area (Å²) < 4.78 is 69.7. The van der Waals surface area contributed by atoms with Gasteiger partial charge >= 0.3 is 24.3 Å². The van der Waals surface area contributed by atoms with E-state index in [4.69, 9.17) is 24.5 Å². The second-order valence-electron chi connectivity index (χ2n) is 11.0. The number of piperidine rings is 2. The van der Waals surface area contributed by atoms with E-state index in [9.17, 15) is 31.1 Å². The van der Waals surface area contributed by atoms with Crippen molar-refractivity contribution in [2.75, 3.05) is 39.3 Å². The molecule has 4 rings (SSSR count). The number of amides is 1. The number of aryl methyl sites for hydroxylation is 1. The van der Waals surface area contributed by atoms with Gasteiger partial charge in [-0.05, 0) is 68.0 Å². The molecule has 1 amide bonds. The molecule has 0 bridgehead atoms. The Labute approximate surface area is 239 Å². The number of hydrogen-bond acceptors (Lipinski definition) is 6. The van der Waals surface area contributed by atoms with Gasteiger partial charge in [0.25, 0.3) is 0 Å². The van der Waals surface area contributed by atoms with Crippen LogP contribution in [-0.4, -0.2) is 101 Å². The highest BCUT2D eigenvalue weighted by Gasteiger charge is 2.43. The number of aliphatic carboxylic acids is 2. The van der Waals surface area contributed by atoms with Crippen molar-refractivity contribution in [1.29, 1.82) is 0 Å². The van der Waals surface area contributed by atoms with Gasteiger partial charge in [0.05, 0.1) is 12.7 Å². The van der Waals surface area contributed by atoms with Crippen LogP contribution in [0.2, 0.25) is 0 Å². The number of rotatable bonds is 5. The third kappa shape index (κ3) is 12.1. The summed E-state index contributed by atoms with van der Waals surface area (Å²) in [5, 5.41) is 14.2. The van der Waals surface area contributed by atoms with Crippen LogP contribution in [0.4, 0.5) is 26.3 Å². The first-order valence-corrected chi connectivity index (χ1v) is 13.6. The van der Waals surface area contributed by atoms with Gasteiger partial charge in [-0.25, -0.2) is 9.59 Å². The number of carbonyl (C=O) groups excluding carboxylic acids is 1. The first kappa shape index (κ1) is 35.3. The highest BCUT2D eigenvalue weighted by atomic mass is 19.4. The van der Waals surface area contributed by atoms with Gasteiger partial charge in [-0.1, -0.05) is 13.0 Å². The van der Waals surface area contributed by atoms with Gasteiger partial charge in [0.15, 0.2) is 0 Å². The van der Waals surface area contributed by atoms with Gasteiger partial charge in [0.1, 0.15) is 0 Å². The monoisotopic (exact) mass is 613 g/mol. The molecule has 2 unspecified atom stereocenters. The van der Waals surface area contributed by atoms with Gasteiger partial charge in [-0.2, -0.15) is 26.3 Å². The van der Waals surface area contributed by atoms with Crippen LogP contribution in [0.5, 0.6) is 0 Å². The Hall–Kier alpha value is -2.94. The predicted octanol–water partition coefficient (Wildman–Crippen LogP) is 4.41. The number of carbonyl (C=O) groups is 3. The van der Waals surface area contributed by atoms with E-state index in [-0.39, 0.29) is 5.91 Å². The largest absolute Gasteiger partial charge is 0.490 e. The minimum atomic E-state index is -5.08. The smallest absolute Gasteiger partial charge is 0.475 e. The van der Waals surface area contributed by atoms with Crippen molar-refractivity contribution in [3.63, 3.8) is 0 Å². The molecule has 1 spiro atoms. The number of carboxylic acid groups (broad SMARTS) is 2. The summed E-state index contributed by atoms with van der Waals surface area (Å²) in [4.78, 5) is 39.2. The lowest BCUT2D eigenvalue weighted by Crippen LogP contribution is -2.44. The highest BCUT2D eigenvalue weighted by molar-refractivity contribution is 5.76. The van der Waals surface area contributed by atoms with Gasteiger partial charge in [-0.3, -0.25) is 9.78 Å². The molecule has 2 atom stereocenters. The minimum Gasteiger partial charge on any atom is -0.475 e. The van der Waals surface area contributed by atoms with Crippen molar-refractivity contribution in [2.45, 2.75) is 70.3 Å². The number of halogens is 6. The normalized spacial score (nSPS) is 22.4. The summed E-state index contributed by atoms with van der Waals surface area (Å²) in [5.74, 6) is -4.40. The van der Waals surface area contributed by atoms with E-state index >= 15 is 0 Å². The van der Waals surface area contributed by atoms with Crippen LogP contribution >= 0.6 is 0 Å². The Kier molecular flexibility index (Phi) is 13.0. The van der Waals surface area contributed by atoms with E-state index in [1.165, 1.54) is 32.4 Å². The Balaban J connectivity index is 0.000000367. The van der Waals surface area contributed by atoms with Crippen molar-refractivity contribution in [1.82, 2.24) is 14.8 Å². The molecule has 3 fully saturated rings. The molecular weight excluding hydrogens is 576 g/mol. The van der Waals surface area contributed by atoms with Crippen molar-refractivity contribution >= 4 is 17.8 Å². The molecule has 0 radical (unpaired) electrons. The lowest BCUT2D eigenvalue weighted by atomic mass is 9.76. The molecule has 3 aliphatic heterocycles. The molecule has 4 heterocycles. The molecule has 9 nitrogen and oxygen atoms in total. The lowest BCUT2D eigenvalue weighted by Gasteiger charge is -2.39.